The lowest BCUT2D eigenvalue weighted by atomic mass is 10.2. The summed E-state index contributed by atoms with van der Waals surface area (Å²) in [6, 6.07) is 9.02. The molecule has 1 N–H and O–H groups in total. The highest BCUT2D eigenvalue weighted by Gasteiger charge is 2.00. The number of H-pyrrole nitrogens is 1. The zero-order chi connectivity index (χ0) is 8.39. The van der Waals surface area contributed by atoms with Gasteiger partial charge in [-0.1, -0.05) is 12.1 Å². The Morgan fingerprint density at radius 3 is 3.25 bits per heavy atom. The van der Waals surface area contributed by atoms with Crippen LogP contribution >= 0.6 is 0 Å². The molecule has 0 aliphatic carbocycles. The van der Waals surface area contributed by atoms with Gasteiger partial charge in [-0.25, -0.2) is 0 Å². The van der Waals surface area contributed by atoms with Crippen molar-refractivity contribution < 1.29 is 4.74 Å². The Morgan fingerprint density at radius 2 is 2.42 bits per heavy atom. The molecule has 1 aromatic heterocycles. The molecular formula is C10H10NO. The van der Waals surface area contributed by atoms with Gasteiger partial charge < -0.3 is 9.72 Å². The fourth-order valence-corrected chi connectivity index (χ4v) is 1.26. The predicted octanol–water partition coefficient (Wildman–Crippen LogP) is 2.37. The van der Waals surface area contributed by atoms with E-state index in [9.17, 15) is 0 Å². The van der Waals surface area contributed by atoms with Gasteiger partial charge in [0.05, 0.1) is 12.1 Å². The molecule has 0 aliphatic heterocycles. The molecule has 1 aromatic carbocycles. The summed E-state index contributed by atoms with van der Waals surface area (Å²) < 4.78 is 5.43. The van der Waals surface area contributed by atoms with E-state index in [1.807, 2.05) is 25.1 Å². The average molecular weight is 160 g/mol. The normalized spacial score (nSPS) is 10.4. The third-order valence-electron chi connectivity index (χ3n) is 1.77. The third-order valence-corrected chi connectivity index (χ3v) is 1.77. The zero-order valence-electron chi connectivity index (χ0n) is 6.92. The maximum Gasteiger partial charge on any atom is 0.143 e. The maximum atomic E-state index is 5.43. The molecule has 0 unspecified atom stereocenters. The van der Waals surface area contributed by atoms with E-state index in [-0.39, 0.29) is 0 Å². The molecule has 1 radical (unpaired) electrons. The van der Waals surface area contributed by atoms with Gasteiger partial charge in [-0.3, -0.25) is 0 Å². The van der Waals surface area contributed by atoms with Crippen molar-refractivity contribution >= 4 is 10.9 Å². The molecule has 61 valence electrons. The van der Waals surface area contributed by atoms with E-state index in [1.54, 1.807) is 6.20 Å². The first-order chi connectivity index (χ1) is 5.92. The summed E-state index contributed by atoms with van der Waals surface area (Å²) in [5, 5.41) is 1.07. The van der Waals surface area contributed by atoms with Crippen molar-refractivity contribution in [2.45, 2.75) is 6.92 Å². The third kappa shape index (κ3) is 1.05. The summed E-state index contributed by atoms with van der Waals surface area (Å²) in [7, 11) is 0. The summed E-state index contributed by atoms with van der Waals surface area (Å²) >= 11 is 0. The van der Waals surface area contributed by atoms with Crippen LogP contribution in [0.1, 0.15) is 6.92 Å². The number of para-hydroxylation sites is 1. The van der Waals surface area contributed by atoms with Gasteiger partial charge in [-0.2, -0.15) is 0 Å². The fraction of sp³-hybridized carbons (Fsp3) is 0.200. The highest BCUT2D eigenvalue weighted by molar-refractivity contribution is 5.84. The molecule has 0 bridgehead atoms. The second-order valence-corrected chi connectivity index (χ2v) is 2.54. The van der Waals surface area contributed by atoms with Crippen molar-refractivity contribution in [3.8, 4) is 5.75 Å². The molecule has 1 heterocycles. The minimum atomic E-state index is 0.693. The van der Waals surface area contributed by atoms with Crippen molar-refractivity contribution in [1.29, 1.82) is 0 Å². The summed E-state index contributed by atoms with van der Waals surface area (Å²) in [4.78, 5) is 3.09. The molecule has 0 saturated carbocycles. The number of benzene rings is 1. The van der Waals surface area contributed by atoms with Crippen LogP contribution in [0, 0.1) is 6.07 Å². The number of rotatable bonds is 2. The quantitative estimate of drug-likeness (QED) is 0.716. The van der Waals surface area contributed by atoms with Gasteiger partial charge in [0.25, 0.3) is 0 Å². The highest BCUT2D eigenvalue weighted by Crippen LogP contribution is 2.22. The molecule has 12 heavy (non-hydrogen) atoms. The van der Waals surface area contributed by atoms with E-state index in [1.165, 1.54) is 0 Å². The molecule has 2 rings (SSSR count). The van der Waals surface area contributed by atoms with Crippen molar-refractivity contribution in [3.05, 3.63) is 30.5 Å². The summed E-state index contributed by atoms with van der Waals surface area (Å²) in [5.74, 6) is 0.899. The van der Waals surface area contributed by atoms with Crippen molar-refractivity contribution in [1.82, 2.24) is 4.98 Å². The Balaban J connectivity index is 2.57. The Morgan fingerprint density at radius 1 is 1.50 bits per heavy atom. The van der Waals surface area contributed by atoms with Crippen LogP contribution in [-0.4, -0.2) is 11.6 Å². The second kappa shape index (κ2) is 2.89. The van der Waals surface area contributed by atoms with Crippen LogP contribution in [0.4, 0.5) is 0 Å². The number of aromatic nitrogens is 1. The van der Waals surface area contributed by atoms with E-state index < -0.39 is 0 Å². The van der Waals surface area contributed by atoms with E-state index in [4.69, 9.17) is 4.74 Å². The first kappa shape index (κ1) is 7.22. The topological polar surface area (TPSA) is 25.0 Å². The van der Waals surface area contributed by atoms with Crippen molar-refractivity contribution in [2.75, 3.05) is 6.61 Å². The van der Waals surface area contributed by atoms with E-state index in [2.05, 4.69) is 11.1 Å². The Bertz CT molecular complexity index is 378. The van der Waals surface area contributed by atoms with Crippen LogP contribution in [0.5, 0.6) is 5.75 Å². The monoisotopic (exact) mass is 160 g/mol. The Kier molecular flexibility index (Phi) is 1.74. The van der Waals surface area contributed by atoms with Gasteiger partial charge in [0.1, 0.15) is 5.75 Å². The zero-order valence-corrected chi connectivity index (χ0v) is 6.92. The molecule has 0 saturated heterocycles. The van der Waals surface area contributed by atoms with Crippen LogP contribution in [0.15, 0.2) is 24.4 Å². The predicted molar refractivity (Wildman–Crippen MR) is 48.3 cm³/mol. The lowest BCUT2D eigenvalue weighted by molar-refractivity contribution is 0.344. The van der Waals surface area contributed by atoms with Gasteiger partial charge in [0, 0.05) is 17.6 Å². The first-order valence-corrected chi connectivity index (χ1v) is 4.02. The molecular weight excluding hydrogens is 150 g/mol. The van der Waals surface area contributed by atoms with Crippen LogP contribution in [0.25, 0.3) is 10.9 Å². The number of ether oxygens (including phenoxy) is 1. The largest absolute Gasteiger partial charge is 0.492 e. The second-order valence-electron chi connectivity index (χ2n) is 2.54. The minimum absolute atomic E-state index is 0.693. The molecule has 0 spiro atoms. The molecule has 0 atom stereocenters. The molecule has 0 aliphatic rings. The van der Waals surface area contributed by atoms with Crippen molar-refractivity contribution in [2.24, 2.45) is 0 Å². The van der Waals surface area contributed by atoms with Gasteiger partial charge in [-0.05, 0) is 13.0 Å². The Hall–Kier alpha value is -1.44. The molecule has 2 nitrogen and oxygen atoms in total. The van der Waals surface area contributed by atoms with Gasteiger partial charge in [-0.15, -0.1) is 0 Å². The molecule has 0 fully saturated rings. The number of hydrogen-bond donors (Lipinski definition) is 1. The smallest absolute Gasteiger partial charge is 0.143 e. The number of hydrogen-bond acceptors (Lipinski definition) is 1. The van der Waals surface area contributed by atoms with Crippen LogP contribution in [-0.2, 0) is 0 Å². The van der Waals surface area contributed by atoms with Crippen LogP contribution < -0.4 is 4.74 Å². The summed E-state index contributed by atoms with van der Waals surface area (Å²) in [6.07, 6.45) is 1.80. The van der Waals surface area contributed by atoms with Crippen LogP contribution in [0.2, 0.25) is 0 Å². The lowest BCUT2D eigenvalue weighted by Crippen LogP contribution is -1.91. The standard InChI is InChI=1S/C10H10NO/c1-2-12-9-5-3-4-8-6-7-11-10(8)9/h3-5,7,11H,2H2,1H3. The van der Waals surface area contributed by atoms with E-state index in [0.29, 0.717) is 6.61 Å². The van der Waals surface area contributed by atoms with Crippen molar-refractivity contribution in [3.63, 3.8) is 0 Å². The maximum absolute atomic E-state index is 5.43. The van der Waals surface area contributed by atoms with Crippen LogP contribution in [0.3, 0.4) is 0 Å². The molecule has 2 aromatic rings. The Labute approximate surface area is 71.2 Å². The SMILES string of the molecule is CCOc1cccc2[c]c[nH]c12. The van der Waals surface area contributed by atoms with Gasteiger partial charge in [0.2, 0.25) is 0 Å². The summed E-state index contributed by atoms with van der Waals surface area (Å²) in [6.45, 7) is 2.67. The number of nitrogens with one attached hydrogen (secondary N) is 1. The fourth-order valence-electron chi connectivity index (χ4n) is 1.26. The van der Waals surface area contributed by atoms with Gasteiger partial charge in [0.15, 0.2) is 0 Å². The highest BCUT2D eigenvalue weighted by atomic mass is 16.5. The number of fused-ring (bicyclic) bond motifs is 1. The summed E-state index contributed by atoms with van der Waals surface area (Å²) in [5.41, 5.74) is 1.03. The van der Waals surface area contributed by atoms with Gasteiger partial charge >= 0.3 is 0 Å². The molecule has 0 amide bonds. The first-order valence-electron chi connectivity index (χ1n) is 4.02. The molecule has 2 heteroatoms. The lowest BCUT2D eigenvalue weighted by Gasteiger charge is -2.02. The average Bonchev–Trinajstić information content (AvgIpc) is 2.53. The number of aromatic amines is 1. The minimum Gasteiger partial charge on any atom is -0.492 e. The van der Waals surface area contributed by atoms with E-state index >= 15 is 0 Å². The van der Waals surface area contributed by atoms with E-state index in [0.717, 1.165) is 16.7 Å².